The normalized spacial score (nSPS) is 16.8. The van der Waals surface area contributed by atoms with Crippen LogP contribution in [0.4, 0.5) is 0 Å². The Morgan fingerprint density at radius 3 is 1.57 bits per heavy atom. The van der Waals surface area contributed by atoms with Crippen molar-refractivity contribution >= 4 is 18.7 Å². The molecule has 0 aromatic heterocycles. The average molecular weight is 506 g/mol. The van der Waals surface area contributed by atoms with E-state index in [1.165, 1.54) is 27.9 Å². The van der Waals surface area contributed by atoms with Crippen molar-refractivity contribution in [2.75, 3.05) is 13.2 Å². The number of nitrogens with zero attached hydrogens (tertiary/aromatic N) is 1. The van der Waals surface area contributed by atoms with Gasteiger partial charge in [-0.2, -0.15) is 0 Å². The molecule has 0 amide bonds. The Morgan fingerprint density at radius 2 is 1.14 bits per heavy atom. The zero-order valence-corrected chi connectivity index (χ0v) is 23.4. The zero-order valence-electron chi connectivity index (χ0n) is 22.4. The van der Waals surface area contributed by atoms with Crippen molar-refractivity contribution in [2.45, 2.75) is 50.7 Å². The van der Waals surface area contributed by atoms with Crippen molar-refractivity contribution in [3.05, 3.63) is 132 Å². The van der Waals surface area contributed by atoms with Gasteiger partial charge in [0.2, 0.25) is 0 Å². The number of benzene rings is 4. The molecule has 0 saturated carbocycles. The Bertz CT molecular complexity index is 1160. The first-order chi connectivity index (χ1) is 18.0. The van der Waals surface area contributed by atoms with Crippen LogP contribution in [0.2, 0.25) is 5.04 Å². The highest BCUT2D eigenvalue weighted by Gasteiger charge is 2.50. The Labute approximate surface area is 224 Å². The van der Waals surface area contributed by atoms with Gasteiger partial charge < -0.3 is 4.43 Å². The maximum atomic E-state index is 7.40. The van der Waals surface area contributed by atoms with E-state index >= 15 is 0 Å². The van der Waals surface area contributed by atoms with E-state index in [1.54, 1.807) is 0 Å². The molecule has 0 N–H and O–H groups in total. The smallest absolute Gasteiger partial charge is 0.261 e. The number of hydrogen-bond donors (Lipinski definition) is 0. The van der Waals surface area contributed by atoms with Gasteiger partial charge in [0.1, 0.15) is 0 Å². The van der Waals surface area contributed by atoms with E-state index in [4.69, 9.17) is 4.43 Å². The molecule has 190 valence electrons. The highest BCUT2D eigenvalue weighted by Crippen LogP contribution is 2.39. The van der Waals surface area contributed by atoms with E-state index in [9.17, 15) is 0 Å². The second-order valence-electron chi connectivity index (χ2n) is 11.2. The van der Waals surface area contributed by atoms with Gasteiger partial charge in [-0.1, -0.05) is 142 Å². The van der Waals surface area contributed by atoms with Crippen LogP contribution in [0.5, 0.6) is 0 Å². The van der Waals surface area contributed by atoms with Crippen LogP contribution in [0, 0.1) is 0 Å². The molecule has 0 radical (unpaired) electrons. The molecule has 0 unspecified atom stereocenters. The third kappa shape index (κ3) is 5.22. The molecule has 0 spiro atoms. The van der Waals surface area contributed by atoms with Gasteiger partial charge in [-0.15, -0.1) is 0 Å². The van der Waals surface area contributed by atoms with Crippen LogP contribution in [-0.2, 0) is 4.43 Å². The summed E-state index contributed by atoms with van der Waals surface area (Å²) in [6.45, 7) is 8.92. The molecule has 1 aliphatic rings. The van der Waals surface area contributed by atoms with E-state index < -0.39 is 8.32 Å². The van der Waals surface area contributed by atoms with Crippen molar-refractivity contribution in [3.8, 4) is 0 Å². The van der Waals surface area contributed by atoms with Crippen molar-refractivity contribution in [1.82, 2.24) is 4.90 Å². The van der Waals surface area contributed by atoms with Crippen LogP contribution >= 0.6 is 0 Å². The topological polar surface area (TPSA) is 12.5 Å². The van der Waals surface area contributed by atoms with Crippen molar-refractivity contribution in [3.63, 3.8) is 0 Å². The SMILES string of the molecule is CC(C)(C)[Si](OC[C@@H]1CCCN1C(c1ccccc1)c1ccccc1)(c1ccccc1)c1ccccc1. The summed E-state index contributed by atoms with van der Waals surface area (Å²) >= 11 is 0. The standard InChI is InChI=1S/C34H39NOSi/c1-34(2,3)37(31-22-12-6-13-23-31,32-24-14-7-15-25-32)36-27-30-21-16-26-35(30)33(28-17-8-4-9-18-28)29-19-10-5-11-20-29/h4-15,17-20,22-25,30,33H,16,21,26-27H2,1-3H3/t30-/m0/s1. The summed E-state index contributed by atoms with van der Waals surface area (Å²) in [6.07, 6.45) is 2.36. The van der Waals surface area contributed by atoms with E-state index in [-0.39, 0.29) is 11.1 Å². The largest absolute Gasteiger partial charge is 0.406 e. The minimum Gasteiger partial charge on any atom is -0.406 e. The minimum atomic E-state index is -2.57. The highest BCUT2D eigenvalue weighted by molar-refractivity contribution is 6.99. The molecular formula is C34H39NOSi. The lowest BCUT2D eigenvalue weighted by Gasteiger charge is -2.44. The summed E-state index contributed by atoms with van der Waals surface area (Å²) in [5, 5.41) is 2.68. The van der Waals surface area contributed by atoms with Gasteiger partial charge in [0, 0.05) is 6.04 Å². The average Bonchev–Trinajstić information content (AvgIpc) is 3.39. The van der Waals surface area contributed by atoms with Gasteiger partial charge in [-0.05, 0) is 45.9 Å². The number of hydrogen-bond acceptors (Lipinski definition) is 2. The third-order valence-corrected chi connectivity index (χ3v) is 12.9. The molecule has 3 heteroatoms. The first-order valence-corrected chi connectivity index (χ1v) is 15.5. The quantitative estimate of drug-likeness (QED) is 0.244. The zero-order chi connectivity index (χ0) is 25.7. The fourth-order valence-corrected chi connectivity index (χ4v) is 10.8. The second kappa shape index (κ2) is 11.2. The van der Waals surface area contributed by atoms with Crippen LogP contribution in [0.1, 0.15) is 50.8 Å². The first kappa shape index (κ1) is 25.7. The van der Waals surface area contributed by atoms with Crippen molar-refractivity contribution in [2.24, 2.45) is 0 Å². The van der Waals surface area contributed by atoms with Gasteiger partial charge in [-0.25, -0.2) is 0 Å². The number of likely N-dealkylation sites (tertiary alicyclic amines) is 1. The van der Waals surface area contributed by atoms with E-state index in [0.717, 1.165) is 19.6 Å². The van der Waals surface area contributed by atoms with Crippen molar-refractivity contribution in [1.29, 1.82) is 0 Å². The Kier molecular flexibility index (Phi) is 7.75. The molecule has 0 bridgehead atoms. The van der Waals surface area contributed by atoms with Crippen LogP contribution in [-0.4, -0.2) is 32.4 Å². The predicted octanol–water partition coefficient (Wildman–Crippen LogP) is 6.82. The predicted molar refractivity (Wildman–Crippen MR) is 158 cm³/mol. The molecule has 37 heavy (non-hydrogen) atoms. The van der Waals surface area contributed by atoms with Gasteiger partial charge in [0.05, 0.1) is 12.6 Å². The molecule has 4 aromatic rings. The monoisotopic (exact) mass is 505 g/mol. The molecule has 0 aliphatic carbocycles. The summed E-state index contributed by atoms with van der Waals surface area (Å²) in [5.74, 6) is 0. The molecule has 5 rings (SSSR count). The number of rotatable bonds is 8. The Hall–Kier alpha value is -2.98. The lowest BCUT2D eigenvalue weighted by molar-refractivity contribution is 0.140. The first-order valence-electron chi connectivity index (χ1n) is 13.6. The molecular weight excluding hydrogens is 466 g/mol. The van der Waals surface area contributed by atoms with Gasteiger partial charge in [0.15, 0.2) is 0 Å². The van der Waals surface area contributed by atoms with Crippen LogP contribution in [0.3, 0.4) is 0 Å². The van der Waals surface area contributed by atoms with Gasteiger partial charge >= 0.3 is 0 Å². The molecule has 1 heterocycles. The maximum Gasteiger partial charge on any atom is 0.261 e. The molecule has 1 saturated heterocycles. The fourth-order valence-electron chi connectivity index (χ4n) is 6.21. The van der Waals surface area contributed by atoms with Crippen LogP contribution in [0.15, 0.2) is 121 Å². The molecule has 4 aromatic carbocycles. The summed E-state index contributed by atoms with van der Waals surface area (Å²) < 4.78 is 7.40. The molecule has 2 nitrogen and oxygen atoms in total. The second-order valence-corrected chi connectivity index (χ2v) is 15.5. The summed E-state index contributed by atoms with van der Waals surface area (Å²) in [5.41, 5.74) is 2.71. The lowest BCUT2D eigenvalue weighted by atomic mass is 9.96. The van der Waals surface area contributed by atoms with Gasteiger partial charge in [-0.3, -0.25) is 4.90 Å². The molecule has 1 fully saturated rings. The minimum absolute atomic E-state index is 0.0165. The Balaban J connectivity index is 1.52. The fraction of sp³-hybridized carbons (Fsp3) is 0.294. The maximum absolute atomic E-state index is 7.40. The summed E-state index contributed by atoms with van der Waals surface area (Å²) in [7, 11) is -2.57. The molecule has 1 aliphatic heterocycles. The van der Waals surface area contributed by atoms with E-state index in [1.807, 2.05) is 0 Å². The molecule has 1 atom stereocenters. The van der Waals surface area contributed by atoms with Crippen LogP contribution < -0.4 is 10.4 Å². The third-order valence-electron chi connectivity index (χ3n) is 7.89. The summed E-state index contributed by atoms with van der Waals surface area (Å²) in [6, 6.07) is 44.6. The lowest BCUT2D eigenvalue weighted by Crippen LogP contribution is -2.67. The highest BCUT2D eigenvalue weighted by atomic mass is 28.4. The van der Waals surface area contributed by atoms with Gasteiger partial charge in [0.25, 0.3) is 8.32 Å². The van der Waals surface area contributed by atoms with Crippen molar-refractivity contribution < 1.29 is 4.43 Å². The van der Waals surface area contributed by atoms with E-state index in [0.29, 0.717) is 6.04 Å². The van der Waals surface area contributed by atoms with E-state index in [2.05, 4.69) is 147 Å². The summed E-state index contributed by atoms with van der Waals surface area (Å²) in [4.78, 5) is 2.70. The van der Waals surface area contributed by atoms with Crippen LogP contribution in [0.25, 0.3) is 0 Å². The Morgan fingerprint density at radius 1 is 0.703 bits per heavy atom.